The van der Waals surface area contributed by atoms with Gasteiger partial charge in [0.15, 0.2) is 0 Å². The van der Waals surface area contributed by atoms with E-state index in [0.717, 1.165) is 17.7 Å². The van der Waals surface area contributed by atoms with E-state index < -0.39 is 0 Å². The van der Waals surface area contributed by atoms with E-state index in [2.05, 4.69) is 0 Å². The van der Waals surface area contributed by atoms with Crippen molar-refractivity contribution in [2.24, 2.45) is 5.92 Å². The van der Waals surface area contributed by atoms with Crippen LogP contribution in [0.4, 0.5) is 0 Å². The lowest BCUT2D eigenvalue weighted by Crippen LogP contribution is -2.41. The van der Waals surface area contributed by atoms with Crippen molar-refractivity contribution in [3.63, 3.8) is 0 Å². The van der Waals surface area contributed by atoms with Gasteiger partial charge in [0.1, 0.15) is 5.75 Å². The maximum absolute atomic E-state index is 11.8. The first-order valence-electron chi connectivity index (χ1n) is 6.18. The number of amides is 1. The SMILES string of the molecule is COc1ccc([C@H]2[C@@H](CO)CCC(=O)N2C)cc1. The van der Waals surface area contributed by atoms with Gasteiger partial charge >= 0.3 is 0 Å². The second kappa shape index (κ2) is 5.40. The molecule has 1 aromatic rings. The number of piperidine rings is 1. The zero-order valence-electron chi connectivity index (χ0n) is 10.8. The Hall–Kier alpha value is -1.55. The van der Waals surface area contributed by atoms with E-state index in [-0.39, 0.29) is 24.5 Å². The summed E-state index contributed by atoms with van der Waals surface area (Å²) >= 11 is 0. The maximum Gasteiger partial charge on any atom is 0.222 e. The van der Waals surface area contributed by atoms with Crippen LogP contribution in [-0.2, 0) is 4.79 Å². The molecule has 1 amide bonds. The Morgan fingerprint density at radius 2 is 2.06 bits per heavy atom. The Bertz CT molecular complexity index is 416. The van der Waals surface area contributed by atoms with Gasteiger partial charge in [-0.1, -0.05) is 12.1 Å². The molecule has 0 bridgehead atoms. The number of hydrogen-bond donors (Lipinski definition) is 1. The van der Waals surface area contributed by atoms with Gasteiger partial charge in [0, 0.05) is 26.0 Å². The maximum atomic E-state index is 11.8. The molecule has 1 aromatic carbocycles. The van der Waals surface area contributed by atoms with E-state index in [9.17, 15) is 9.90 Å². The number of hydrogen-bond acceptors (Lipinski definition) is 3. The molecule has 1 fully saturated rings. The van der Waals surface area contributed by atoms with Crippen molar-refractivity contribution in [3.8, 4) is 5.75 Å². The van der Waals surface area contributed by atoms with Crippen LogP contribution in [0.5, 0.6) is 5.75 Å². The summed E-state index contributed by atoms with van der Waals surface area (Å²) in [5, 5.41) is 9.46. The monoisotopic (exact) mass is 249 g/mol. The molecule has 2 rings (SSSR count). The van der Waals surface area contributed by atoms with Crippen molar-refractivity contribution in [1.29, 1.82) is 0 Å². The number of methoxy groups -OCH3 is 1. The fraction of sp³-hybridized carbons (Fsp3) is 0.500. The predicted molar refractivity (Wildman–Crippen MR) is 68.3 cm³/mol. The number of carbonyl (C=O) groups excluding carboxylic acids is 1. The summed E-state index contributed by atoms with van der Waals surface area (Å²) in [6.07, 6.45) is 1.27. The number of carbonyl (C=O) groups is 1. The lowest BCUT2D eigenvalue weighted by Gasteiger charge is -2.38. The third-order valence-corrected chi connectivity index (χ3v) is 3.68. The van der Waals surface area contributed by atoms with Gasteiger partial charge in [-0.25, -0.2) is 0 Å². The number of nitrogens with zero attached hydrogens (tertiary/aromatic N) is 1. The van der Waals surface area contributed by atoms with Gasteiger partial charge in [-0.2, -0.15) is 0 Å². The quantitative estimate of drug-likeness (QED) is 0.885. The molecule has 0 aromatic heterocycles. The summed E-state index contributed by atoms with van der Waals surface area (Å²) in [5.74, 6) is 1.05. The molecule has 1 aliphatic heterocycles. The fourth-order valence-electron chi connectivity index (χ4n) is 2.60. The van der Waals surface area contributed by atoms with Crippen molar-refractivity contribution in [1.82, 2.24) is 4.90 Å². The van der Waals surface area contributed by atoms with E-state index in [1.54, 1.807) is 19.1 Å². The average molecular weight is 249 g/mol. The van der Waals surface area contributed by atoms with Crippen LogP contribution in [0.15, 0.2) is 24.3 Å². The zero-order valence-corrected chi connectivity index (χ0v) is 10.8. The molecule has 4 heteroatoms. The summed E-state index contributed by atoms with van der Waals surface area (Å²) in [4.78, 5) is 13.5. The van der Waals surface area contributed by atoms with Crippen molar-refractivity contribution < 1.29 is 14.6 Å². The van der Waals surface area contributed by atoms with Crippen LogP contribution in [0, 0.1) is 5.92 Å². The van der Waals surface area contributed by atoms with Crippen LogP contribution in [-0.4, -0.2) is 36.7 Å². The Kier molecular flexibility index (Phi) is 3.87. The molecule has 0 aliphatic carbocycles. The second-order valence-corrected chi connectivity index (χ2v) is 4.70. The Morgan fingerprint density at radius 1 is 1.39 bits per heavy atom. The van der Waals surface area contributed by atoms with E-state index in [4.69, 9.17) is 4.74 Å². The van der Waals surface area contributed by atoms with Crippen LogP contribution < -0.4 is 4.74 Å². The lowest BCUT2D eigenvalue weighted by molar-refractivity contribution is -0.137. The third kappa shape index (κ3) is 2.34. The minimum Gasteiger partial charge on any atom is -0.497 e. The van der Waals surface area contributed by atoms with Gasteiger partial charge in [0.2, 0.25) is 5.91 Å². The number of likely N-dealkylation sites (tertiary alicyclic amines) is 1. The highest BCUT2D eigenvalue weighted by Crippen LogP contribution is 2.35. The lowest BCUT2D eigenvalue weighted by atomic mass is 9.85. The minimum atomic E-state index is -0.0397. The highest BCUT2D eigenvalue weighted by Gasteiger charge is 2.34. The molecule has 2 atom stereocenters. The molecule has 98 valence electrons. The molecule has 0 saturated carbocycles. The summed E-state index contributed by atoms with van der Waals surface area (Å²) in [6.45, 7) is 0.105. The summed E-state index contributed by atoms with van der Waals surface area (Å²) < 4.78 is 5.13. The van der Waals surface area contributed by atoms with Gasteiger partial charge in [0.05, 0.1) is 13.2 Å². The van der Waals surface area contributed by atoms with Crippen LogP contribution >= 0.6 is 0 Å². The average Bonchev–Trinajstić information content (AvgIpc) is 2.42. The summed E-state index contributed by atoms with van der Waals surface area (Å²) in [6, 6.07) is 7.65. The molecular weight excluding hydrogens is 230 g/mol. The number of ether oxygens (including phenoxy) is 1. The van der Waals surface area contributed by atoms with Gasteiger partial charge in [-0.05, 0) is 24.1 Å². The second-order valence-electron chi connectivity index (χ2n) is 4.70. The first-order valence-corrected chi connectivity index (χ1v) is 6.18. The van der Waals surface area contributed by atoms with Gasteiger partial charge in [-0.15, -0.1) is 0 Å². The van der Waals surface area contributed by atoms with E-state index in [0.29, 0.717) is 6.42 Å². The van der Waals surface area contributed by atoms with E-state index >= 15 is 0 Å². The highest BCUT2D eigenvalue weighted by molar-refractivity contribution is 5.77. The zero-order chi connectivity index (χ0) is 13.1. The van der Waals surface area contributed by atoms with Gasteiger partial charge in [0.25, 0.3) is 0 Å². The van der Waals surface area contributed by atoms with Crippen molar-refractivity contribution in [2.45, 2.75) is 18.9 Å². The molecule has 1 heterocycles. The molecule has 1 saturated heterocycles. The summed E-state index contributed by atoms with van der Waals surface area (Å²) in [5.41, 5.74) is 1.05. The van der Waals surface area contributed by atoms with Crippen molar-refractivity contribution in [2.75, 3.05) is 20.8 Å². The Balaban J connectivity index is 2.28. The first-order chi connectivity index (χ1) is 8.67. The Labute approximate surface area is 107 Å². The number of aliphatic hydroxyl groups excluding tert-OH is 1. The number of benzene rings is 1. The smallest absolute Gasteiger partial charge is 0.222 e. The van der Waals surface area contributed by atoms with E-state index in [1.165, 1.54) is 0 Å². The van der Waals surface area contributed by atoms with Crippen molar-refractivity contribution in [3.05, 3.63) is 29.8 Å². The predicted octanol–water partition coefficient (Wildman–Crippen LogP) is 1.60. The van der Waals surface area contributed by atoms with E-state index in [1.807, 2.05) is 24.3 Å². The molecular formula is C14H19NO3. The van der Waals surface area contributed by atoms with Gasteiger partial charge in [-0.3, -0.25) is 4.79 Å². The topological polar surface area (TPSA) is 49.8 Å². The highest BCUT2D eigenvalue weighted by atomic mass is 16.5. The minimum absolute atomic E-state index is 0.0397. The number of rotatable bonds is 3. The molecule has 4 nitrogen and oxygen atoms in total. The molecule has 0 radical (unpaired) electrons. The molecule has 1 aliphatic rings. The third-order valence-electron chi connectivity index (χ3n) is 3.68. The Morgan fingerprint density at radius 3 is 2.61 bits per heavy atom. The normalized spacial score (nSPS) is 24.2. The molecule has 18 heavy (non-hydrogen) atoms. The standard InChI is InChI=1S/C14H19NO3/c1-15-13(17)8-5-11(9-16)14(15)10-3-6-12(18-2)7-4-10/h3-4,6-7,11,14,16H,5,8-9H2,1-2H3/t11-,14+/m1/s1. The van der Waals surface area contributed by atoms with Crippen LogP contribution in [0.25, 0.3) is 0 Å². The van der Waals surface area contributed by atoms with Crippen molar-refractivity contribution >= 4 is 5.91 Å². The molecule has 0 spiro atoms. The number of aliphatic hydroxyl groups is 1. The molecule has 0 unspecified atom stereocenters. The molecule has 1 N–H and O–H groups in total. The van der Waals surface area contributed by atoms with Crippen LogP contribution in [0.3, 0.4) is 0 Å². The first kappa shape index (κ1) is 12.9. The fourth-order valence-corrected chi connectivity index (χ4v) is 2.60. The summed E-state index contributed by atoms with van der Waals surface area (Å²) in [7, 11) is 3.43. The largest absolute Gasteiger partial charge is 0.497 e. The van der Waals surface area contributed by atoms with Crippen LogP contribution in [0.2, 0.25) is 0 Å². The van der Waals surface area contributed by atoms with Crippen LogP contribution in [0.1, 0.15) is 24.4 Å². The van der Waals surface area contributed by atoms with Gasteiger partial charge < -0.3 is 14.7 Å².